The normalized spacial score (nSPS) is 29.9. The summed E-state index contributed by atoms with van der Waals surface area (Å²) >= 11 is 0. The average molecular weight is 252 g/mol. The lowest BCUT2D eigenvalue weighted by Gasteiger charge is -2.42. The molecule has 0 bridgehead atoms. The molecule has 0 saturated heterocycles. The largest absolute Gasteiger partial charge is 0.356 e. The molecule has 0 heterocycles. The third kappa shape index (κ3) is 3.25. The molecule has 2 saturated carbocycles. The van der Waals surface area contributed by atoms with E-state index in [-0.39, 0.29) is 11.9 Å². The van der Waals surface area contributed by atoms with E-state index in [1.54, 1.807) is 0 Å². The molecule has 2 aliphatic rings. The van der Waals surface area contributed by atoms with Crippen LogP contribution in [0.5, 0.6) is 0 Å². The Morgan fingerprint density at radius 2 is 2.11 bits per heavy atom. The monoisotopic (exact) mass is 252 g/mol. The van der Waals surface area contributed by atoms with Crippen LogP contribution in [0.4, 0.5) is 0 Å². The summed E-state index contributed by atoms with van der Waals surface area (Å²) < 4.78 is 0. The van der Waals surface area contributed by atoms with Crippen molar-refractivity contribution in [2.45, 2.75) is 70.8 Å². The fourth-order valence-corrected chi connectivity index (χ4v) is 3.64. The van der Waals surface area contributed by atoms with Crippen LogP contribution in [-0.4, -0.2) is 18.5 Å². The number of rotatable bonds is 6. The molecule has 3 heteroatoms. The molecule has 0 aromatic rings. The zero-order valence-corrected chi connectivity index (χ0v) is 11.7. The summed E-state index contributed by atoms with van der Waals surface area (Å²) in [5.74, 6) is 0.647. The molecular weight excluding hydrogens is 224 g/mol. The minimum atomic E-state index is 0.222. The van der Waals surface area contributed by atoms with Gasteiger partial charge in [0.05, 0.1) is 0 Å². The summed E-state index contributed by atoms with van der Waals surface area (Å²) in [6.45, 7) is 3.13. The first-order chi connectivity index (χ1) is 8.65. The molecule has 0 radical (unpaired) electrons. The summed E-state index contributed by atoms with van der Waals surface area (Å²) in [4.78, 5) is 12.0. The quantitative estimate of drug-likeness (QED) is 0.763. The molecule has 3 N–H and O–H groups in total. The van der Waals surface area contributed by atoms with Gasteiger partial charge in [0.1, 0.15) is 0 Å². The number of carbonyl (C=O) groups is 1. The number of carbonyl (C=O) groups excluding carboxylic acids is 1. The zero-order chi connectivity index (χ0) is 13.0. The number of hydrogen-bond donors (Lipinski definition) is 2. The van der Waals surface area contributed by atoms with E-state index in [1.807, 2.05) is 0 Å². The van der Waals surface area contributed by atoms with Gasteiger partial charge in [-0.3, -0.25) is 4.79 Å². The van der Waals surface area contributed by atoms with Crippen LogP contribution in [-0.2, 0) is 4.79 Å². The fraction of sp³-hybridized carbons (Fsp3) is 0.933. The van der Waals surface area contributed by atoms with E-state index in [9.17, 15) is 4.79 Å². The van der Waals surface area contributed by atoms with E-state index in [2.05, 4.69) is 12.2 Å². The fourth-order valence-electron chi connectivity index (χ4n) is 3.64. The van der Waals surface area contributed by atoms with Gasteiger partial charge in [0.2, 0.25) is 5.91 Å². The van der Waals surface area contributed by atoms with Gasteiger partial charge in [-0.25, -0.2) is 0 Å². The number of hydrogen-bond acceptors (Lipinski definition) is 2. The van der Waals surface area contributed by atoms with Gasteiger partial charge in [-0.1, -0.05) is 26.2 Å². The highest BCUT2D eigenvalue weighted by atomic mass is 16.1. The van der Waals surface area contributed by atoms with Crippen molar-refractivity contribution in [2.75, 3.05) is 6.54 Å². The van der Waals surface area contributed by atoms with Gasteiger partial charge in [-0.15, -0.1) is 0 Å². The van der Waals surface area contributed by atoms with Gasteiger partial charge in [0.25, 0.3) is 0 Å². The SMILES string of the molecule is CCCC1(CNC(=O)C[C@@H]2CCC[C@H]2N)CCC1. The second-order valence-corrected chi connectivity index (χ2v) is 6.44. The van der Waals surface area contributed by atoms with Crippen molar-refractivity contribution in [3.05, 3.63) is 0 Å². The van der Waals surface area contributed by atoms with Crippen molar-refractivity contribution in [1.82, 2.24) is 5.32 Å². The number of amides is 1. The summed E-state index contributed by atoms with van der Waals surface area (Å²) in [5, 5.41) is 3.16. The van der Waals surface area contributed by atoms with Crippen LogP contribution in [0.3, 0.4) is 0 Å². The van der Waals surface area contributed by atoms with Gasteiger partial charge in [-0.2, -0.15) is 0 Å². The summed E-state index contributed by atoms with van der Waals surface area (Å²) in [6.07, 6.45) is 10.5. The molecule has 0 unspecified atom stereocenters. The van der Waals surface area contributed by atoms with Crippen LogP contribution in [0.15, 0.2) is 0 Å². The maximum Gasteiger partial charge on any atom is 0.220 e. The molecule has 2 aliphatic carbocycles. The van der Waals surface area contributed by atoms with Gasteiger partial charge < -0.3 is 11.1 Å². The van der Waals surface area contributed by atoms with Crippen LogP contribution in [0.1, 0.15) is 64.7 Å². The van der Waals surface area contributed by atoms with Crippen molar-refractivity contribution in [3.63, 3.8) is 0 Å². The lowest BCUT2D eigenvalue weighted by molar-refractivity contribution is -0.123. The van der Waals surface area contributed by atoms with Gasteiger partial charge in [0.15, 0.2) is 0 Å². The maximum absolute atomic E-state index is 12.0. The highest BCUT2D eigenvalue weighted by Crippen LogP contribution is 2.44. The highest BCUT2D eigenvalue weighted by Gasteiger charge is 2.36. The third-order valence-corrected chi connectivity index (χ3v) is 5.02. The van der Waals surface area contributed by atoms with E-state index >= 15 is 0 Å². The van der Waals surface area contributed by atoms with Crippen molar-refractivity contribution < 1.29 is 4.79 Å². The first kappa shape index (κ1) is 13.9. The second-order valence-electron chi connectivity index (χ2n) is 6.44. The number of nitrogens with one attached hydrogen (secondary N) is 1. The van der Waals surface area contributed by atoms with E-state index in [1.165, 1.54) is 38.5 Å². The lowest BCUT2D eigenvalue weighted by atomic mass is 9.66. The topological polar surface area (TPSA) is 55.1 Å². The molecule has 1 amide bonds. The standard InChI is InChI=1S/C15H28N2O/c1-2-7-15(8-4-9-15)11-17-14(18)10-12-5-3-6-13(12)16/h12-13H,2-11,16H2,1H3,(H,17,18)/t12-,13+/m0/s1. The van der Waals surface area contributed by atoms with Crippen molar-refractivity contribution in [1.29, 1.82) is 0 Å². The van der Waals surface area contributed by atoms with Gasteiger partial charge >= 0.3 is 0 Å². The molecule has 3 nitrogen and oxygen atoms in total. The van der Waals surface area contributed by atoms with Gasteiger partial charge in [0, 0.05) is 19.0 Å². The Hall–Kier alpha value is -0.570. The van der Waals surface area contributed by atoms with Crippen LogP contribution in [0.2, 0.25) is 0 Å². The molecule has 18 heavy (non-hydrogen) atoms. The Balaban J connectivity index is 1.71. The molecule has 0 aromatic heterocycles. The maximum atomic E-state index is 12.0. The van der Waals surface area contributed by atoms with Crippen molar-refractivity contribution in [3.8, 4) is 0 Å². The van der Waals surface area contributed by atoms with E-state index in [0.717, 1.165) is 19.4 Å². The smallest absolute Gasteiger partial charge is 0.220 e. The summed E-state index contributed by atoms with van der Waals surface area (Å²) in [7, 11) is 0. The first-order valence-electron chi connectivity index (χ1n) is 7.67. The van der Waals surface area contributed by atoms with Crippen LogP contribution < -0.4 is 11.1 Å². The van der Waals surface area contributed by atoms with Crippen molar-refractivity contribution in [2.24, 2.45) is 17.1 Å². The Morgan fingerprint density at radius 1 is 1.33 bits per heavy atom. The molecule has 2 atom stereocenters. The molecule has 0 aromatic carbocycles. The molecule has 2 rings (SSSR count). The minimum Gasteiger partial charge on any atom is -0.356 e. The molecule has 2 fully saturated rings. The Labute approximate surface area is 111 Å². The molecule has 104 valence electrons. The zero-order valence-electron chi connectivity index (χ0n) is 11.7. The van der Waals surface area contributed by atoms with E-state index in [0.29, 0.717) is 17.8 Å². The Kier molecular flexibility index (Phi) is 4.66. The summed E-state index contributed by atoms with van der Waals surface area (Å²) in [6, 6.07) is 0.254. The Morgan fingerprint density at radius 3 is 2.61 bits per heavy atom. The third-order valence-electron chi connectivity index (χ3n) is 5.02. The highest BCUT2D eigenvalue weighted by molar-refractivity contribution is 5.76. The second kappa shape index (κ2) is 6.05. The minimum absolute atomic E-state index is 0.222. The molecule has 0 aliphatic heterocycles. The van der Waals surface area contributed by atoms with Gasteiger partial charge in [-0.05, 0) is 43.4 Å². The predicted octanol–water partition coefficient (Wildman–Crippen LogP) is 2.59. The molecule has 0 spiro atoms. The lowest BCUT2D eigenvalue weighted by Crippen LogP contribution is -2.43. The van der Waals surface area contributed by atoms with Crippen LogP contribution in [0.25, 0.3) is 0 Å². The Bertz CT molecular complexity index is 286. The molecular formula is C15H28N2O. The van der Waals surface area contributed by atoms with E-state index in [4.69, 9.17) is 5.73 Å². The summed E-state index contributed by atoms with van der Waals surface area (Å²) in [5.41, 5.74) is 6.45. The van der Waals surface area contributed by atoms with Crippen LogP contribution in [0, 0.1) is 11.3 Å². The number of nitrogens with two attached hydrogens (primary N) is 1. The predicted molar refractivity (Wildman–Crippen MR) is 74.1 cm³/mol. The van der Waals surface area contributed by atoms with Crippen molar-refractivity contribution >= 4 is 5.91 Å². The van der Waals surface area contributed by atoms with E-state index < -0.39 is 0 Å². The first-order valence-corrected chi connectivity index (χ1v) is 7.67. The van der Waals surface area contributed by atoms with Crippen LogP contribution >= 0.6 is 0 Å². The average Bonchev–Trinajstić information content (AvgIpc) is 2.68.